The lowest BCUT2D eigenvalue weighted by atomic mass is 10.1. The van der Waals surface area contributed by atoms with E-state index in [0.29, 0.717) is 27.5 Å². The van der Waals surface area contributed by atoms with Gasteiger partial charge in [0.1, 0.15) is 0 Å². The zero-order chi connectivity index (χ0) is 15.6. The third-order valence-corrected chi connectivity index (χ3v) is 3.21. The number of hydrogen-bond donors (Lipinski definition) is 3. The monoisotopic (exact) mass is 304 g/mol. The van der Waals surface area contributed by atoms with Crippen LogP contribution in [0.25, 0.3) is 0 Å². The molecule has 4 N–H and O–H groups in total. The minimum Gasteiger partial charge on any atom is -0.478 e. The lowest BCUT2D eigenvalue weighted by Gasteiger charge is -2.11. The fourth-order valence-corrected chi connectivity index (χ4v) is 2.18. The number of nitrogens with two attached hydrogens (primary N) is 1. The van der Waals surface area contributed by atoms with Crippen LogP contribution in [0.3, 0.4) is 0 Å². The van der Waals surface area contributed by atoms with Crippen molar-refractivity contribution in [1.29, 1.82) is 0 Å². The number of nitrogen functional groups attached to an aromatic ring is 1. The van der Waals surface area contributed by atoms with Crippen molar-refractivity contribution in [2.24, 2.45) is 0 Å². The van der Waals surface area contributed by atoms with Gasteiger partial charge in [0.05, 0.1) is 5.56 Å². The van der Waals surface area contributed by atoms with Gasteiger partial charge in [0.2, 0.25) is 0 Å². The molecule has 0 spiro atoms. The van der Waals surface area contributed by atoms with Crippen molar-refractivity contribution in [3.63, 3.8) is 0 Å². The van der Waals surface area contributed by atoms with Crippen LogP contribution >= 0.6 is 11.6 Å². The fraction of sp³-hybridized carbons (Fsp3) is 0.0667. The summed E-state index contributed by atoms with van der Waals surface area (Å²) >= 11 is 5.86. The van der Waals surface area contributed by atoms with Gasteiger partial charge in [0.15, 0.2) is 0 Å². The van der Waals surface area contributed by atoms with E-state index in [2.05, 4.69) is 5.32 Å². The first-order chi connectivity index (χ1) is 9.88. The highest BCUT2D eigenvalue weighted by molar-refractivity contribution is 6.31. The summed E-state index contributed by atoms with van der Waals surface area (Å²) in [6.45, 7) is 1.63. The van der Waals surface area contributed by atoms with Gasteiger partial charge in [-0.15, -0.1) is 0 Å². The third-order valence-electron chi connectivity index (χ3n) is 2.99. The summed E-state index contributed by atoms with van der Waals surface area (Å²) in [5.74, 6) is -1.45. The molecule has 2 aromatic carbocycles. The molecular formula is C15H13ClN2O3. The van der Waals surface area contributed by atoms with E-state index < -0.39 is 11.9 Å². The highest BCUT2D eigenvalue weighted by Gasteiger charge is 2.13. The molecule has 6 heteroatoms. The molecule has 2 rings (SSSR count). The van der Waals surface area contributed by atoms with E-state index in [0.717, 1.165) is 0 Å². The lowest BCUT2D eigenvalue weighted by Crippen LogP contribution is -2.14. The number of aromatic carboxylic acids is 1. The van der Waals surface area contributed by atoms with Crippen LogP contribution < -0.4 is 11.1 Å². The van der Waals surface area contributed by atoms with Crippen molar-refractivity contribution in [1.82, 2.24) is 0 Å². The van der Waals surface area contributed by atoms with Gasteiger partial charge in [-0.05, 0) is 42.8 Å². The molecule has 0 fully saturated rings. The maximum Gasteiger partial charge on any atom is 0.336 e. The third kappa shape index (κ3) is 3.32. The molecule has 1 amide bonds. The van der Waals surface area contributed by atoms with E-state index in [1.165, 1.54) is 24.3 Å². The summed E-state index contributed by atoms with van der Waals surface area (Å²) in [6.07, 6.45) is 0. The van der Waals surface area contributed by atoms with Crippen molar-refractivity contribution in [2.75, 3.05) is 11.1 Å². The van der Waals surface area contributed by atoms with Crippen LogP contribution in [0.15, 0.2) is 36.4 Å². The number of anilines is 2. The molecule has 108 valence electrons. The maximum atomic E-state index is 12.2. The van der Waals surface area contributed by atoms with E-state index in [9.17, 15) is 9.59 Å². The van der Waals surface area contributed by atoms with Crippen molar-refractivity contribution in [3.05, 3.63) is 58.1 Å². The highest BCUT2D eigenvalue weighted by atomic mass is 35.5. The van der Waals surface area contributed by atoms with Gasteiger partial charge < -0.3 is 16.2 Å². The molecule has 21 heavy (non-hydrogen) atoms. The van der Waals surface area contributed by atoms with Crippen LogP contribution in [0.5, 0.6) is 0 Å². The molecule has 0 aliphatic rings. The fourth-order valence-electron chi connectivity index (χ4n) is 1.94. The average Bonchev–Trinajstić information content (AvgIpc) is 2.39. The number of halogens is 1. The number of carbonyl (C=O) groups is 2. The normalized spacial score (nSPS) is 10.2. The molecule has 0 radical (unpaired) electrons. The van der Waals surface area contributed by atoms with E-state index >= 15 is 0 Å². The van der Waals surface area contributed by atoms with Gasteiger partial charge >= 0.3 is 5.97 Å². The summed E-state index contributed by atoms with van der Waals surface area (Å²) in [6, 6.07) is 9.20. The van der Waals surface area contributed by atoms with Crippen LogP contribution in [0.4, 0.5) is 11.4 Å². The van der Waals surface area contributed by atoms with Crippen molar-refractivity contribution in [3.8, 4) is 0 Å². The number of carboxylic acid groups (broad SMARTS) is 1. The number of amides is 1. The van der Waals surface area contributed by atoms with Gasteiger partial charge in [0.25, 0.3) is 5.91 Å². The number of hydrogen-bond acceptors (Lipinski definition) is 3. The van der Waals surface area contributed by atoms with E-state index in [4.69, 9.17) is 22.4 Å². The number of nitrogens with one attached hydrogen (secondary N) is 1. The standard InChI is InChI=1S/C15H13ClN2O3/c1-8-12(15(20)21)3-2-4-13(8)18-14(19)9-5-10(16)7-11(17)6-9/h2-7H,17H2,1H3,(H,18,19)(H,20,21). The minimum absolute atomic E-state index is 0.137. The molecule has 0 aromatic heterocycles. The first-order valence-corrected chi connectivity index (χ1v) is 6.46. The molecule has 0 bridgehead atoms. The second kappa shape index (κ2) is 5.85. The molecule has 0 heterocycles. The molecule has 0 aliphatic carbocycles. The Kier molecular flexibility index (Phi) is 4.14. The Morgan fingerprint density at radius 3 is 2.57 bits per heavy atom. The smallest absolute Gasteiger partial charge is 0.336 e. The average molecular weight is 305 g/mol. The number of carbonyl (C=O) groups excluding carboxylic acids is 1. The Hall–Kier alpha value is -2.53. The minimum atomic E-state index is -1.05. The first kappa shape index (κ1) is 14.9. The van der Waals surface area contributed by atoms with Gasteiger partial charge in [-0.2, -0.15) is 0 Å². The van der Waals surface area contributed by atoms with Crippen LogP contribution in [0.1, 0.15) is 26.3 Å². The van der Waals surface area contributed by atoms with E-state index in [1.807, 2.05) is 0 Å². The topological polar surface area (TPSA) is 92.4 Å². The molecule has 0 aliphatic heterocycles. The van der Waals surface area contributed by atoms with Crippen molar-refractivity contribution >= 4 is 34.9 Å². The Morgan fingerprint density at radius 1 is 1.24 bits per heavy atom. The molecule has 0 unspecified atom stereocenters. The van der Waals surface area contributed by atoms with Gasteiger partial charge in [-0.1, -0.05) is 17.7 Å². The Bertz CT molecular complexity index is 709. The maximum absolute atomic E-state index is 12.2. The molecule has 0 atom stereocenters. The Balaban J connectivity index is 2.32. The number of carboxylic acids is 1. The summed E-state index contributed by atoms with van der Waals surface area (Å²) < 4.78 is 0. The summed E-state index contributed by atoms with van der Waals surface area (Å²) in [5, 5.41) is 12.1. The molecule has 0 saturated carbocycles. The van der Waals surface area contributed by atoms with E-state index in [1.54, 1.807) is 19.1 Å². The van der Waals surface area contributed by atoms with E-state index in [-0.39, 0.29) is 5.56 Å². The van der Waals surface area contributed by atoms with Crippen LogP contribution in [-0.2, 0) is 0 Å². The SMILES string of the molecule is Cc1c(NC(=O)c2cc(N)cc(Cl)c2)cccc1C(=O)O. The lowest BCUT2D eigenvalue weighted by molar-refractivity contribution is 0.0695. The molecule has 2 aromatic rings. The van der Waals surface area contributed by atoms with Crippen molar-refractivity contribution in [2.45, 2.75) is 6.92 Å². The zero-order valence-corrected chi connectivity index (χ0v) is 11.9. The van der Waals surface area contributed by atoms with Crippen molar-refractivity contribution < 1.29 is 14.7 Å². The van der Waals surface area contributed by atoms with Crippen LogP contribution in [-0.4, -0.2) is 17.0 Å². The number of benzene rings is 2. The predicted octanol–water partition coefficient (Wildman–Crippen LogP) is 3.18. The van der Waals surface area contributed by atoms with Gasteiger partial charge in [-0.3, -0.25) is 4.79 Å². The van der Waals surface area contributed by atoms with Gasteiger partial charge in [0, 0.05) is 22.0 Å². The molecular weight excluding hydrogens is 292 g/mol. The quantitative estimate of drug-likeness (QED) is 0.759. The summed E-state index contributed by atoms with van der Waals surface area (Å²) in [5.41, 5.74) is 7.37. The highest BCUT2D eigenvalue weighted by Crippen LogP contribution is 2.21. The summed E-state index contributed by atoms with van der Waals surface area (Å²) in [7, 11) is 0. The largest absolute Gasteiger partial charge is 0.478 e. The Morgan fingerprint density at radius 2 is 1.95 bits per heavy atom. The molecule has 0 saturated heterocycles. The number of rotatable bonds is 3. The zero-order valence-electron chi connectivity index (χ0n) is 11.2. The van der Waals surface area contributed by atoms with Crippen LogP contribution in [0, 0.1) is 6.92 Å². The van der Waals surface area contributed by atoms with Gasteiger partial charge in [-0.25, -0.2) is 4.79 Å². The predicted molar refractivity (Wildman–Crippen MR) is 82.0 cm³/mol. The second-order valence-electron chi connectivity index (χ2n) is 4.51. The Labute approximate surface area is 126 Å². The summed E-state index contributed by atoms with van der Waals surface area (Å²) in [4.78, 5) is 23.3. The second-order valence-corrected chi connectivity index (χ2v) is 4.95. The van der Waals surface area contributed by atoms with Crippen LogP contribution in [0.2, 0.25) is 5.02 Å². The first-order valence-electron chi connectivity index (χ1n) is 6.09. The molecule has 5 nitrogen and oxygen atoms in total.